The fraction of sp³-hybridized carbons (Fsp3) is 0.684. The molecule has 2 fully saturated rings. The zero-order valence-electron chi connectivity index (χ0n) is 13.6. The Labute approximate surface area is 129 Å². The molecule has 2 nitrogen and oxygen atoms in total. The Kier molecular flexibility index (Phi) is 4.97. The summed E-state index contributed by atoms with van der Waals surface area (Å²) in [6, 6.07) is 12.8. The molecule has 0 amide bonds. The van der Waals surface area contributed by atoms with Gasteiger partial charge < -0.3 is 5.32 Å². The topological polar surface area (TPSA) is 15.3 Å². The Morgan fingerprint density at radius 1 is 1.05 bits per heavy atom. The fourth-order valence-electron chi connectivity index (χ4n) is 4.25. The summed E-state index contributed by atoms with van der Waals surface area (Å²) in [4.78, 5) is 2.77. The van der Waals surface area contributed by atoms with Crippen LogP contribution in [0.4, 0.5) is 0 Å². The molecule has 0 bridgehead atoms. The van der Waals surface area contributed by atoms with Gasteiger partial charge >= 0.3 is 0 Å². The highest BCUT2D eigenvalue weighted by molar-refractivity contribution is 5.20. The summed E-state index contributed by atoms with van der Waals surface area (Å²) in [5, 5.41) is 3.83. The number of benzene rings is 1. The predicted molar refractivity (Wildman–Crippen MR) is 89.4 cm³/mol. The number of nitrogens with zero attached hydrogens (tertiary/aromatic N) is 1. The Bertz CT molecular complexity index is 422. The number of piperazine rings is 1. The number of nitrogens with one attached hydrogen (secondary N) is 1. The lowest BCUT2D eigenvalue weighted by Gasteiger charge is -2.47. The summed E-state index contributed by atoms with van der Waals surface area (Å²) in [5.74, 6) is 0.908. The molecule has 0 radical (unpaired) electrons. The van der Waals surface area contributed by atoms with Crippen LogP contribution in [0.1, 0.15) is 57.6 Å². The fourth-order valence-corrected chi connectivity index (χ4v) is 4.25. The molecule has 0 aromatic heterocycles. The SMILES string of the molecule is CC(C)N1CC(c2ccccc2)NCC1C1CCCCC1. The van der Waals surface area contributed by atoms with Crippen molar-refractivity contribution >= 4 is 0 Å². The van der Waals surface area contributed by atoms with Gasteiger partial charge in [-0.25, -0.2) is 0 Å². The van der Waals surface area contributed by atoms with Gasteiger partial charge in [-0.05, 0) is 38.2 Å². The highest BCUT2D eigenvalue weighted by Crippen LogP contribution is 2.33. The molecule has 1 N–H and O–H groups in total. The van der Waals surface area contributed by atoms with E-state index < -0.39 is 0 Å². The van der Waals surface area contributed by atoms with Crippen molar-refractivity contribution in [3.8, 4) is 0 Å². The third kappa shape index (κ3) is 3.49. The van der Waals surface area contributed by atoms with Gasteiger partial charge in [0.05, 0.1) is 0 Å². The Hall–Kier alpha value is -0.860. The molecule has 0 spiro atoms. The standard InChI is InChI=1S/C19H30N2/c1-15(2)21-14-18(16-9-5-3-6-10-16)20-13-19(21)17-11-7-4-8-12-17/h3,5-6,9-10,15,17-20H,4,7-8,11-14H2,1-2H3. The smallest absolute Gasteiger partial charge is 0.0450 e. The largest absolute Gasteiger partial charge is 0.307 e. The lowest BCUT2D eigenvalue weighted by molar-refractivity contribution is 0.0466. The van der Waals surface area contributed by atoms with Crippen LogP contribution in [0.25, 0.3) is 0 Å². The first-order chi connectivity index (χ1) is 10.3. The van der Waals surface area contributed by atoms with Gasteiger partial charge in [0.15, 0.2) is 0 Å². The molecular formula is C19H30N2. The molecule has 3 rings (SSSR count). The van der Waals surface area contributed by atoms with Crippen LogP contribution in [-0.4, -0.2) is 30.1 Å². The molecule has 1 aromatic rings. The first-order valence-corrected chi connectivity index (χ1v) is 8.80. The van der Waals surface area contributed by atoms with Crippen molar-refractivity contribution < 1.29 is 0 Å². The van der Waals surface area contributed by atoms with Crippen molar-refractivity contribution in [2.75, 3.05) is 13.1 Å². The van der Waals surface area contributed by atoms with Crippen molar-refractivity contribution in [3.05, 3.63) is 35.9 Å². The Morgan fingerprint density at radius 3 is 2.43 bits per heavy atom. The number of rotatable bonds is 3. The zero-order valence-corrected chi connectivity index (χ0v) is 13.6. The van der Waals surface area contributed by atoms with Crippen LogP contribution >= 0.6 is 0 Å². The second kappa shape index (κ2) is 6.93. The highest BCUT2D eigenvalue weighted by atomic mass is 15.3. The lowest BCUT2D eigenvalue weighted by Crippen LogP contribution is -2.58. The summed E-state index contributed by atoms with van der Waals surface area (Å²) in [7, 11) is 0. The maximum Gasteiger partial charge on any atom is 0.0450 e. The summed E-state index contributed by atoms with van der Waals surface area (Å²) in [5.41, 5.74) is 1.44. The molecule has 1 aliphatic carbocycles. The highest BCUT2D eigenvalue weighted by Gasteiger charge is 2.35. The van der Waals surface area contributed by atoms with E-state index in [1.807, 2.05) is 0 Å². The van der Waals surface area contributed by atoms with E-state index in [1.165, 1.54) is 37.7 Å². The van der Waals surface area contributed by atoms with Crippen LogP contribution in [0, 0.1) is 5.92 Å². The van der Waals surface area contributed by atoms with Crippen LogP contribution in [0.5, 0.6) is 0 Å². The molecule has 116 valence electrons. The van der Waals surface area contributed by atoms with Gasteiger partial charge in [-0.15, -0.1) is 0 Å². The van der Waals surface area contributed by atoms with E-state index in [2.05, 4.69) is 54.4 Å². The molecule has 2 atom stereocenters. The van der Waals surface area contributed by atoms with Crippen molar-refractivity contribution in [2.24, 2.45) is 5.92 Å². The molecule has 2 unspecified atom stereocenters. The van der Waals surface area contributed by atoms with Gasteiger partial charge in [0.1, 0.15) is 0 Å². The Balaban J connectivity index is 1.71. The van der Waals surface area contributed by atoms with E-state index >= 15 is 0 Å². The van der Waals surface area contributed by atoms with E-state index in [0.717, 1.165) is 25.0 Å². The van der Waals surface area contributed by atoms with E-state index in [1.54, 1.807) is 0 Å². The van der Waals surface area contributed by atoms with Crippen molar-refractivity contribution in [3.63, 3.8) is 0 Å². The molecule has 1 aliphatic heterocycles. The van der Waals surface area contributed by atoms with Crippen LogP contribution < -0.4 is 5.32 Å². The normalized spacial score (nSPS) is 28.9. The van der Waals surface area contributed by atoms with E-state index in [0.29, 0.717) is 12.1 Å². The van der Waals surface area contributed by atoms with Gasteiger partial charge in [0.25, 0.3) is 0 Å². The van der Waals surface area contributed by atoms with Gasteiger partial charge in [-0.3, -0.25) is 4.90 Å². The predicted octanol–water partition coefficient (Wildman–Crippen LogP) is 3.99. The number of hydrogen-bond donors (Lipinski definition) is 1. The van der Waals surface area contributed by atoms with Crippen LogP contribution in [0.3, 0.4) is 0 Å². The van der Waals surface area contributed by atoms with Gasteiger partial charge in [-0.1, -0.05) is 49.6 Å². The summed E-state index contributed by atoms with van der Waals surface area (Å²) < 4.78 is 0. The molecule has 2 aliphatic rings. The number of hydrogen-bond acceptors (Lipinski definition) is 2. The molecular weight excluding hydrogens is 256 g/mol. The third-order valence-electron chi connectivity index (χ3n) is 5.45. The maximum absolute atomic E-state index is 3.83. The second-order valence-corrected chi connectivity index (χ2v) is 7.13. The zero-order chi connectivity index (χ0) is 14.7. The third-order valence-corrected chi connectivity index (χ3v) is 5.45. The average Bonchev–Trinajstić information content (AvgIpc) is 2.56. The Morgan fingerprint density at radius 2 is 1.76 bits per heavy atom. The first kappa shape index (κ1) is 15.1. The monoisotopic (exact) mass is 286 g/mol. The minimum absolute atomic E-state index is 0.494. The summed E-state index contributed by atoms with van der Waals surface area (Å²) >= 11 is 0. The molecule has 1 aromatic carbocycles. The van der Waals surface area contributed by atoms with Gasteiger partial charge in [-0.2, -0.15) is 0 Å². The first-order valence-electron chi connectivity index (χ1n) is 8.80. The molecule has 1 heterocycles. The van der Waals surface area contributed by atoms with E-state index in [9.17, 15) is 0 Å². The maximum atomic E-state index is 3.83. The van der Waals surface area contributed by atoms with E-state index in [4.69, 9.17) is 0 Å². The average molecular weight is 286 g/mol. The van der Waals surface area contributed by atoms with Crippen LogP contribution in [-0.2, 0) is 0 Å². The van der Waals surface area contributed by atoms with Crippen LogP contribution in [0.15, 0.2) is 30.3 Å². The van der Waals surface area contributed by atoms with Crippen molar-refractivity contribution in [1.82, 2.24) is 10.2 Å². The van der Waals surface area contributed by atoms with Crippen molar-refractivity contribution in [2.45, 2.75) is 64.1 Å². The van der Waals surface area contributed by atoms with Gasteiger partial charge in [0, 0.05) is 31.2 Å². The lowest BCUT2D eigenvalue weighted by atomic mass is 9.81. The summed E-state index contributed by atoms with van der Waals surface area (Å²) in [6.07, 6.45) is 7.20. The van der Waals surface area contributed by atoms with E-state index in [-0.39, 0.29) is 0 Å². The summed E-state index contributed by atoms with van der Waals surface area (Å²) in [6.45, 7) is 7.04. The van der Waals surface area contributed by atoms with Crippen molar-refractivity contribution in [1.29, 1.82) is 0 Å². The molecule has 1 saturated heterocycles. The minimum atomic E-state index is 0.494. The molecule has 2 heteroatoms. The second-order valence-electron chi connectivity index (χ2n) is 7.13. The van der Waals surface area contributed by atoms with Crippen LogP contribution in [0.2, 0.25) is 0 Å². The van der Waals surface area contributed by atoms with Gasteiger partial charge in [0.2, 0.25) is 0 Å². The molecule has 21 heavy (non-hydrogen) atoms. The minimum Gasteiger partial charge on any atom is -0.307 e. The quantitative estimate of drug-likeness (QED) is 0.904. The molecule has 1 saturated carbocycles.